The molecule has 0 bridgehead atoms. The van der Waals surface area contributed by atoms with Crippen molar-refractivity contribution in [2.24, 2.45) is 0 Å². The third kappa shape index (κ3) is 4.00. The van der Waals surface area contributed by atoms with E-state index in [1.807, 2.05) is 18.2 Å². The van der Waals surface area contributed by atoms with Crippen LogP contribution in [0.3, 0.4) is 0 Å². The highest BCUT2D eigenvalue weighted by atomic mass is 35.5. The zero-order valence-electron chi connectivity index (χ0n) is 9.63. The Hall–Kier alpha value is -0.540. The summed E-state index contributed by atoms with van der Waals surface area (Å²) >= 11 is 11.8. The second-order valence-electron chi connectivity index (χ2n) is 4.13. The molecule has 0 amide bonds. The first kappa shape index (κ1) is 12.9. The highest BCUT2D eigenvalue weighted by Gasteiger charge is 2.06. The zero-order valence-corrected chi connectivity index (χ0v) is 11.1. The van der Waals surface area contributed by atoms with Gasteiger partial charge < -0.3 is 5.32 Å². The van der Waals surface area contributed by atoms with Crippen molar-refractivity contribution in [3.05, 3.63) is 39.9 Å². The van der Waals surface area contributed by atoms with Gasteiger partial charge in [0, 0.05) is 32.7 Å². The van der Waals surface area contributed by atoms with Gasteiger partial charge in [0.25, 0.3) is 0 Å². The minimum Gasteiger partial charge on any atom is -0.314 e. The Balaban J connectivity index is 1.88. The summed E-state index contributed by atoms with van der Waals surface area (Å²) < 4.78 is 0. The van der Waals surface area contributed by atoms with E-state index in [1.54, 1.807) is 0 Å². The van der Waals surface area contributed by atoms with Gasteiger partial charge >= 0.3 is 0 Å². The predicted octanol–water partition coefficient (Wildman–Crippen LogP) is 2.91. The maximum atomic E-state index is 5.96. The molecular weight excluding hydrogens is 255 g/mol. The molecule has 1 aromatic carbocycles. The lowest BCUT2D eigenvalue weighted by molar-refractivity contribution is 0.265. The fraction of sp³-hybridized carbons (Fsp3) is 0.385. The van der Waals surface area contributed by atoms with Crippen molar-refractivity contribution in [2.75, 3.05) is 32.7 Å². The van der Waals surface area contributed by atoms with E-state index in [0.717, 1.165) is 38.3 Å². The molecule has 0 spiro atoms. The molecule has 1 saturated heterocycles. The van der Waals surface area contributed by atoms with Gasteiger partial charge in [0.1, 0.15) is 0 Å². The Bertz CT molecular complexity index is 398. The minimum absolute atomic E-state index is 0.603. The number of hydrogen-bond donors (Lipinski definition) is 1. The topological polar surface area (TPSA) is 15.3 Å². The van der Waals surface area contributed by atoms with Crippen LogP contribution in [0.4, 0.5) is 0 Å². The molecule has 0 radical (unpaired) electrons. The maximum absolute atomic E-state index is 5.96. The summed E-state index contributed by atoms with van der Waals surface area (Å²) in [5.41, 5.74) is 1.09. The van der Waals surface area contributed by atoms with E-state index in [1.165, 1.54) is 0 Å². The Labute approximate surface area is 112 Å². The standard InChI is InChI=1S/C13H16Cl2N2/c14-12-4-3-11(10-13(12)15)2-1-7-17-8-5-16-6-9-17/h1-4,10,16H,5-9H2. The smallest absolute Gasteiger partial charge is 0.0598 e. The van der Waals surface area contributed by atoms with Crippen LogP contribution in [0, 0.1) is 0 Å². The monoisotopic (exact) mass is 270 g/mol. The van der Waals surface area contributed by atoms with Crippen molar-refractivity contribution in [1.29, 1.82) is 0 Å². The van der Waals surface area contributed by atoms with Gasteiger partial charge in [0.05, 0.1) is 10.0 Å². The van der Waals surface area contributed by atoms with Crippen LogP contribution in [0.2, 0.25) is 10.0 Å². The summed E-state index contributed by atoms with van der Waals surface area (Å²) in [7, 11) is 0. The van der Waals surface area contributed by atoms with Gasteiger partial charge in [-0.15, -0.1) is 0 Å². The average Bonchev–Trinajstić information content (AvgIpc) is 2.35. The molecule has 1 aromatic rings. The number of rotatable bonds is 3. The normalized spacial score (nSPS) is 17.8. The zero-order chi connectivity index (χ0) is 12.1. The summed E-state index contributed by atoms with van der Waals surface area (Å²) in [4.78, 5) is 2.42. The van der Waals surface area contributed by atoms with Crippen molar-refractivity contribution in [2.45, 2.75) is 0 Å². The van der Waals surface area contributed by atoms with Crippen LogP contribution in [0.25, 0.3) is 6.08 Å². The number of piperazine rings is 1. The van der Waals surface area contributed by atoms with Crippen molar-refractivity contribution >= 4 is 29.3 Å². The largest absolute Gasteiger partial charge is 0.314 e. The van der Waals surface area contributed by atoms with Crippen LogP contribution in [-0.4, -0.2) is 37.6 Å². The molecular formula is C13H16Cl2N2. The van der Waals surface area contributed by atoms with E-state index >= 15 is 0 Å². The third-order valence-corrected chi connectivity index (χ3v) is 3.57. The SMILES string of the molecule is Clc1ccc(C=CCN2CCNCC2)cc1Cl. The Kier molecular flexibility index (Phi) is 4.86. The lowest BCUT2D eigenvalue weighted by Gasteiger charge is -2.25. The molecule has 0 saturated carbocycles. The number of nitrogens with zero attached hydrogens (tertiary/aromatic N) is 1. The minimum atomic E-state index is 0.603. The van der Waals surface area contributed by atoms with Gasteiger partial charge in [0.15, 0.2) is 0 Å². The molecule has 1 aliphatic rings. The van der Waals surface area contributed by atoms with Crippen molar-refractivity contribution < 1.29 is 0 Å². The van der Waals surface area contributed by atoms with Gasteiger partial charge in [-0.3, -0.25) is 4.90 Å². The number of nitrogens with one attached hydrogen (secondary N) is 1. The molecule has 1 N–H and O–H groups in total. The highest BCUT2D eigenvalue weighted by molar-refractivity contribution is 6.42. The van der Waals surface area contributed by atoms with Crippen molar-refractivity contribution in [3.63, 3.8) is 0 Å². The van der Waals surface area contributed by atoms with Crippen LogP contribution >= 0.6 is 23.2 Å². The van der Waals surface area contributed by atoms with Gasteiger partial charge in [-0.05, 0) is 17.7 Å². The van der Waals surface area contributed by atoms with Crippen LogP contribution in [0.5, 0.6) is 0 Å². The molecule has 0 unspecified atom stereocenters. The predicted molar refractivity (Wildman–Crippen MR) is 74.8 cm³/mol. The fourth-order valence-corrected chi connectivity index (χ4v) is 2.15. The first-order valence-electron chi connectivity index (χ1n) is 5.80. The molecule has 1 aliphatic heterocycles. The van der Waals surface area contributed by atoms with Gasteiger partial charge in [-0.25, -0.2) is 0 Å². The molecule has 2 rings (SSSR count). The maximum Gasteiger partial charge on any atom is 0.0598 e. The summed E-state index contributed by atoms with van der Waals surface area (Å²) in [6.45, 7) is 5.39. The van der Waals surface area contributed by atoms with E-state index in [4.69, 9.17) is 23.2 Å². The quantitative estimate of drug-likeness (QED) is 0.909. The second-order valence-corrected chi connectivity index (χ2v) is 4.94. The van der Waals surface area contributed by atoms with Crippen LogP contribution in [0.15, 0.2) is 24.3 Å². The van der Waals surface area contributed by atoms with Gasteiger partial charge in [0.2, 0.25) is 0 Å². The lowest BCUT2D eigenvalue weighted by atomic mass is 10.2. The number of hydrogen-bond acceptors (Lipinski definition) is 2. The Morgan fingerprint density at radius 3 is 2.65 bits per heavy atom. The van der Waals surface area contributed by atoms with Gasteiger partial charge in [-0.1, -0.05) is 41.4 Å². The molecule has 92 valence electrons. The summed E-state index contributed by atoms with van der Waals surface area (Å²) in [6, 6.07) is 5.69. The molecule has 1 fully saturated rings. The van der Waals surface area contributed by atoms with E-state index in [-0.39, 0.29) is 0 Å². The van der Waals surface area contributed by atoms with Crippen LogP contribution in [0.1, 0.15) is 5.56 Å². The average molecular weight is 271 g/mol. The van der Waals surface area contributed by atoms with Crippen LogP contribution < -0.4 is 5.32 Å². The van der Waals surface area contributed by atoms with Gasteiger partial charge in [-0.2, -0.15) is 0 Å². The van der Waals surface area contributed by atoms with Crippen molar-refractivity contribution in [3.8, 4) is 0 Å². The van der Waals surface area contributed by atoms with E-state index in [0.29, 0.717) is 10.0 Å². The fourth-order valence-electron chi connectivity index (χ4n) is 1.85. The molecule has 4 heteroatoms. The Morgan fingerprint density at radius 1 is 1.18 bits per heavy atom. The van der Waals surface area contributed by atoms with Crippen molar-refractivity contribution in [1.82, 2.24) is 10.2 Å². The molecule has 0 atom stereocenters. The lowest BCUT2D eigenvalue weighted by Crippen LogP contribution is -2.43. The molecule has 17 heavy (non-hydrogen) atoms. The summed E-state index contributed by atoms with van der Waals surface area (Å²) in [5.74, 6) is 0. The van der Waals surface area contributed by atoms with Crippen LogP contribution in [-0.2, 0) is 0 Å². The number of benzene rings is 1. The van der Waals surface area contributed by atoms with E-state index in [9.17, 15) is 0 Å². The highest BCUT2D eigenvalue weighted by Crippen LogP contribution is 2.23. The Morgan fingerprint density at radius 2 is 1.94 bits per heavy atom. The van der Waals surface area contributed by atoms with E-state index < -0.39 is 0 Å². The third-order valence-electron chi connectivity index (χ3n) is 2.83. The second kappa shape index (κ2) is 6.41. The van der Waals surface area contributed by atoms with E-state index in [2.05, 4.69) is 22.4 Å². The summed E-state index contributed by atoms with van der Waals surface area (Å²) in [6.07, 6.45) is 4.26. The number of halogens is 2. The summed E-state index contributed by atoms with van der Waals surface area (Å²) in [5, 5.41) is 4.55. The first-order valence-corrected chi connectivity index (χ1v) is 6.56. The molecule has 1 heterocycles. The molecule has 0 aliphatic carbocycles. The molecule has 0 aromatic heterocycles. The molecule has 2 nitrogen and oxygen atoms in total. The first-order chi connectivity index (χ1) is 8.25.